The lowest BCUT2D eigenvalue weighted by atomic mass is 9.65. The van der Waals surface area contributed by atoms with Crippen LogP contribution in [0.15, 0.2) is 0 Å². The fourth-order valence-corrected chi connectivity index (χ4v) is 4.26. The van der Waals surface area contributed by atoms with Crippen molar-refractivity contribution in [3.05, 3.63) is 0 Å². The lowest BCUT2D eigenvalue weighted by Gasteiger charge is -2.45. The highest BCUT2D eigenvalue weighted by Crippen LogP contribution is 2.46. The van der Waals surface area contributed by atoms with E-state index in [4.69, 9.17) is 4.74 Å². The second kappa shape index (κ2) is 13.0. The maximum Gasteiger partial charge on any atom is 0.224 e. The van der Waals surface area contributed by atoms with E-state index in [1.54, 1.807) is 6.92 Å². The predicted octanol–water partition coefficient (Wildman–Crippen LogP) is 3.97. The van der Waals surface area contributed by atoms with E-state index < -0.39 is 0 Å². The average Bonchev–Trinajstić information content (AvgIpc) is 2.69. The summed E-state index contributed by atoms with van der Waals surface area (Å²) in [7, 11) is 0. The summed E-state index contributed by atoms with van der Waals surface area (Å²) in [6.45, 7) is 12.0. The smallest absolute Gasteiger partial charge is 0.224 e. The minimum absolute atomic E-state index is 0. The van der Waals surface area contributed by atoms with Gasteiger partial charge in [-0.1, -0.05) is 13.8 Å². The first-order valence-corrected chi connectivity index (χ1v) is 11.5. The van der Waals surface area contributed by atoms with Crippen molar-refractivity contribution in [2.24, 2.45) is 11.3 Å². The van der Waals surface area contributed by atoms with E-state index in [9.17, 15) is 14.4 Å². The summed E-state index contributed by atoms with van der Waals surface area (Å²) in [4.78, 5) is 37.4. The Morgan fingerprint density at radius 3 is 2.10 bits per heavy atom. The molecule has 1 saturated carbocycles. The molecule has 0 unspecified atom stereocenters. The number of ether oxygens (including phenoxy) is 1. The molecule has 0 aromatic rings. The van der Waals surface area contributed by atoms with Crippen LogP contribution >= 0.6 is 0 Å². The van der Waals surface area contributed by atoms with E-state index in [-0.39, 0.29) is 31.0 Å². The third kappa shape index (κ3) is 8.85. The van der Waals surface area contributed by atoms with Crippen LogP contribution in [0.3, 0.4) is 0 Å². The first-order chi connectivity index (χ1) is 13.8. The molecular weight excluding hydrogens is 368 g/mol. The van der Waals surface area contributed by atoms with Gasteiger partial charge in [0, 0.05) is 32.9 Å². The Morgan fingerprint density at radius 2 is 1.59 bits per heavy atom. The van der Waals surface area contributed by atoms with Gasteiger partial charge in [-0.2, -0.15) is 0 Å². The Kier molecular flexibility index (Phi) is 11.5. The lowest BCUT2D eigenvalue weighted by Crippen LogP contribution is -2.46. The Balaban J connectivity index is 0.00000272. The third-order valence-corrected chi connectivity index (χ3v) is 6.08. The molecule has 0 aromatic heterocycles. The first-order valence-electron chi connectivity index (χ1n) is 11.5. The minimum atomic E-state index is 0. The number of amides is 2. The van der Waals surface area contributed by atoms with Crippen LogP contribution in [-0.2, 0) is 19.1 Å². The van der Waals surface area contributed by atoms with Crippen LogP contribution in [0.5, 0.6) is 0 Å². The minimum Gasteiger partial charge on any atom is -0.380 e. The monoisotopic (exact) mass is 412 g/mol. The summed E-state index contributed by atoms with van der Waals surface area (Å²) >= 11 is 0. The number of carbonyl (C=O) groups excluding carboxylic acids is 3. The van der Waals surface area contributed by atoms with Crippen LogP contribution in [-0.4, -0.2) is 54.8 Å². The van der Waals surface area contributed by atoms with Gasteiger partial charge in [-0.25, -0.2) is 0 Å². The molecule has 29 heavy (non-hydrogen) atoms. The van der Waals surface area contributed by atoms with Gasteiger partial charge in [-0.15, -0.1) is 0 Å². The fourth-order valence-electron chi connectivity index (χ4n) is 4.26. The van der Waals surface area contributed by atoms with Gasteiger partial charge in [-0.05, 0) is 64.7 Å². The van der Waals surface area contributed by atoms with Crippen molar-refractivity contribution in [1.82, 2.24) is 10.2 Å². The van der Waals surface area contributed by atoms with E-state index in [2.05, 4.69) is 5.32 Å². The molecule has 1 aliphatic carbocycles. The Bertz CT molecular complexity index is 521. The van der Waals surface area contributed by atoms with Crippen LogP contribution in [0.1, 0.15) is 87.4 Å². The molecule has 1 spiro atoms. The highest BCUT2D eigenvalue weighted by atomic mass is 16.5. The van der Waals surface area contributed by atoms with Gasteiger partial charge in [-0.3, -0.25) is 14.4 Å². The van der Waals surface area contributed by atoms with Crippen molar-refractivity contribution < 1.29 is 20.5 Å². The van der Waals surface area contributed by atoms with Crippen molar-refractivity contribution in [3.63, 3.8) is 0 Å². The molecule has 1 heterocycles. The van der Waals surface area contributed by atoms with Crippen molar-refractivity contribution in [3.8, 4) is 0 Å². The zero-order chi connectivity index (χ0) is 21.9. The maximum absolute atomic E-state index is 12.3. The van der Waals surface area contributed by atoms with Gasteiger partial charge in [0.2, 0.25) is 11.8 Å². The van der Waals surface area contributed by atoms with Crippen LogP contribution in [0.4, 0.5) is 0 Å². The van der Waals surface area contributed by atoms with Crippen molar-refractivity contribution in [2.75, 3.05) is 26.3 Å². The molecule has 1 saturated heterocycles. The highest BCUT2D eigenvalue weighted by Gasteiger charge is 2.40. The van der Waals surface area contributed by atoms with Gasteiger partial charge in [0.15, 0.2) is 0 Å². The van der Waals surface area contributed by atoms with Gasteiger partial charge in [0.25, 0.3) is 0 Å². The number of likely N-dealkylation sites (tertiary alicyclic amines) is 1. The number of hydrogen-bond donors (Lipinski definition) is 1. The van der Waals surface area contributed by atoms with E-state index in [0.717, 1.165) is 51.6 Å². The molecule has 6 heteroatoms. The van der Waals surface area contributed by atoms with Crippen LogP contribution in [0, 0.1) is 11.3 Å². The predicted molar refractivity (Wildman–Crippen MR) is 118 cm³/mol. The van der Waals surface area contributed by atoms with Gasteiger partial charge >= 0.3 is 0 Å². The van der Waals surface area contributed by atoms with E-state index in [1.165, 1.54) is 0 Å². The topological polar surface area (TPSA) is 75.7 Å². The molecule has 6 nitrogen and oxygen atoms in total. The number of Topliss-reactive ketones (excluding diaryl/α,β-unsaturated/α-hetero) is 1. The van der Waals surface area contributed by atoms with Crippen LogP contribution < -0.4 is 5.32 Å². The molecule has 2 amide bonds. The quantitative estimate of drug-likeness (QED) is 0.612. The molecule has 2 rings (SSSR count). The summed E-state index contributed by atoms with van der Waals surface area (Å²) in [5.74, 6) is 0.624. The van der Waals surface area contributed by atoms with Crippen LogP contribution in [0.25, 0.3) is 0 Å². The van der Waals surface area contributed by atoms with E-state index in [1.807, 2.05) is 32.6 Å². The number of piperidine rings is 1. The number of rotatable bonds is 8. The number of nitrogens with zero attached hydrogens (tertiary/aromatic N) is 1. The van der Waals surface area contributed by atoms with Crippen LogP contribution in [0.2, 0.25) is 0 Å². The van der Waals surface area contributed by atoms with Gasteiger partial charge < -0.3 is 15.0 Å². The summed E-state index contributed by atoms with van der Waals surface area (Å²) in [5, 5.41) is 3.04. The molecule has 0 aromatic carbocycles. The summed E-state index contributed by atoms with van der Waals surface area (Å²) in [5.41, 5.74) is 0.323. The zero-order valence-electron chi connectivity index (χ0n) is 19.2. The zero-order valence-corrected chi connectivity index (χ0v) is 19.2. The largest absolute Gasteiger partial charge is 0.380 e. The lowest BCUT2D eigenvalue weighted by molar-refractivity contribution is -0.135. The van der Waals surface area contributed by atoms with Crippen molar-refractivity contribution in [2.45, 2.75) is 92.0 Å². The first kappa shape index (κ1) is 25.6. The number of ketones is 1. The average molecular weight is 413 g/mol. The molecule has 0 bridgehead atoms. The fraction of sp³-hybridized carbons (Fsp3) is 0.870. The molecule has 0 atom stereocenters. The third-order valence-electron chi connectivity index (χ3n) is 6.08. The molecule has 170 valence electrons. The molecular formula is C23H44N2O4. The highest BCUT2D eigenvalue weighted by molar-refractivity contribution is 5.79. The summed E-state index contributed by atoms with van der Waals surface area (Å²) in [6, 6.07) is 0.203. The molecule has 0 radical (unpaired) electrons. The molecule has 2 fully saturated rings. The van der Waals surface area contributed by atoms with Gasteiger partial charge in [0.1, 0.15) is 5.78 Å². The molecule has 1 N–H and O–H groups in total. The Morgan fingerprint density at radius 1 is 1.03 bits per heavy atom. The SMILES string of the molecule is CC.CC(=O)CCOCCC(=O)N1CCC2(CCC(C(=O)NC(C)C)CC2)CC1.[HH]. The number of nitrogens with one attached hydrogen (secondary N) is 1. The van der Waals surface area contributed by atoms with Crippen molar-refractivity contribution in [1.29, 1.82) is 0 Å². The molecule has 1 aliphatic heterocycles. The van der Waals surface area contributed by atoms with Crippen molar-refractivity contribution >= 4 is 17.6 Å². The normalized spacial score (nSPS) is 18.9. The number of carbonyl (C=O) groups is 3. The Labute approximate surface area is 178 Å². The summed E-state index contributed by atoms with van der Waals surface area (Å²) < 4.78 is 5.37. The maximum atomic E-state index is 12.3. The standard InChI is InChI=1S/C21H36N2O4.C2H6.H2/c1-16(2)22-20(26)18-4-8-21(9-5-18)10-12-23(13-11-21)19(25)7-15-27-14-6-17(3)24;1-2;/h16,18H,4-15H2,1-3H3,(H,22,26);1-2H3;1H. The molecule has 2 aliphatic rings. The Hall–Kier alpha value is -1.43. The summed E-state index contributed by atoms with van der Waals surface area (Å²) in [6.07, 6.45) is 7.02. The second-order valence-electron chi connectivity index (χ2n) is 8.63. The van der Waals surface area contributed by atoms with Gasteiger partial charge in [0.05, 0.1) is 19.6 Å². The van der Waals surface area contributed by atoms with E-state index in [0.29, 0.717) is 31.5 Å². The second-order valence-corrected chi connectivity index (χ2v) is 8.63. The van der Waals surface area contributed by atoms with E-state index >= 15 is 0 Å². The number of hydrogen-bond acceptors (Lipinski definition) is 4.